The van der Waals surface area contributed by atoms with Gasteiger partial charge < -0.3 is 15.0 Å². The van der Waals surface area contributed by atoms with Gasteiger partial charge in [-0.15, -0.1) is 0 Å². The zero-order valence-corrected chi connectivity index (χ0v) is 24.8. The number of benzene rings is 3. The molecule has 0 aliphatic heterocycles. The summed E-state index contributed by atoms with van der Waals surface area (Å²) in [7, 11) is -4.23. The number of hydrogen-bond donors (Lipinski definition) is 1. The molecule has 0 radical (unpaired) electrons. The third-order valence-corrected chi connectivity index (χ3v) is 8.22. The summed E-state index contributed by atoms with van der Waals surface area (Å²) in [5, 5.41) is 3.23. The molecule has 0 bridgehead atoms. The Kier molecular flexibility index (Phi) is 11.0. The monoisotopic (exact) mass is 585 g/mol. The van der Waals surface area contributed by atoms with E-state index in [2.05, 4.69) is 5.32 Å². The minimum Gasteiger partial charge on any atom is -0.492 e. The number of para-hydroxylation sites is 2. The highest BCUT2D eigenvalue weighted by atomic mass is 35.5. The Labute approximate surface area is 241 Å². The maximum Gasteiger partial charge on any atom is 0.264 e. The number of nitrogens with one attached hydrogen (secondary N) is 1. The van der Waals surface area contributed by atoms with E-state index in [0.29, 0.717) is 23.8 Å². The van der Waals surface area contributed by atoms with E-state index in [-0.39, 0.29) is 29.1 Å². The first-order valence-corrected chi connectivity index (χ1v) is 15.0. The first kappa shape index (κ1) is 31.0. The largest absolute Gasteiger partial charge is 0.492 e. The highest BCUT2D eigenvalue weighted by Crippen LogP contribution is 2.33. The van der Waals surface area contributed by atoms with Gasteiger partial charge in [-0.1, -0.05) is 54.1 Å². The second-order valence-electron chi connectivity index (χ2n) is 9.53. The van der Waals surface area contributed by atoms with Gasteiger partial charge >= 0.3 is 0 Å². The van der Waals surface area contributed by atoms with Crippen LogP contribution in [0.5, 0.6) is 5.75 Å². The quantitative estimate of drug-likeness (QED) is 0.307. The van der Waals surface area contributed by atoms with Crippen LogP contribution in [0, 0.1) is 0 Å². The Morgan fingerprint density at radius 3 is 2.17 bits per heavy atom. The van der Waals surface area contributed by atoms with Crippen LogP contribution in [0.1, 0.15) is 33.3 Å². The van der Waals surface area contributed by atoms with Crippen molar-refractivity contribution in [1.82, 2.24) is 10.2 Å². The molecular formula is C30H36ClN3O5S. The van der Waals surface area contributed by atoms with Crippen molar-refractivity contribution in [1.29, 1.82) is 0 Å². The van der Waals surface area contributed by atoms with Gasteiger partial charge in [-0.3, -0.25) is 13.9 Å². The van der Waals surface area contributed by atoms with Crippen LogP contribution in [0.2, 0.25) is 5.02 Å². The molecule has 2 amide bonds. The van der Waals surface area contributed by atoms with Crippen molar-refractivity contribution in [2.45, 2.75) is 51.1 Å². The Balaban J connectivity index is 2.03. The van der Waals surface area contributed by atoms with Gasteiger partial charge in [0.15, 0.2) is 0 Å². The lowest BCUT2D eigenvalue weighted by atomic mass is 10.1. The molecule has 0 saturated carbocycles. The van der Waals surface area contributed by atoms with Crippen molar-refractivity contribution in [3.63, 3.8) is 0 Å². The van der Waals surface area contributed by atoms with Crippen LogP contribution in [0.15, 0.2) is 83.8 Å². The molecule has 10 heteroatoms. The van der Waals surface area contributed by atoms with Crippen LogP contribution in [-0.4, -0.2) is 56.9 Å². The van der Waals surface area contributed by atoms with Crippen LogP contribution in [0.25, 0.3) is 0 Å². The van der Waals surface area contributed by atoms with Gasteiger partial charge in [0.05, 0.1) is 17.2 Å². The molecule has 0 aliphatic rings. The third kappa shape index (κ3) is 7.99. The number of anilines is 1. The normalized spacial score (nSPS) is 12.1. The molecule has 0 aromatic heterocycles. The molecule has 0 fully saturated rings. The van der Waals surface area contributed by atoms with Crippen molar-refractivity contribution in [3.8, 4) is 5.75 Å². The Hall–Kier alpha value is -3.56. The van der Waals surface area contributed by atoms with Crippen LogP contribution >= 0.6 is 11.6 Å². The SMILES string of the molecule is CCOc1ccccc1N(CC(=O)N(CCc1ccccc1)[C@H](C)C(=O)NC(C)C)S(=O)(=O)c1ccc(Cl)cc1. The number of carbonyl (C=O) groups is 2. The summed E-state index contributed by atoms with van der Waals surface area (Å²) < 4.78 is 34.7. The van der Waals surface area contributed by atoms with Gasteiger partial charge in [0, 0.05) is 17.6 Å². The zero-order chi connectivity index (χ0) is 29.3. The van der Waals surface area contributed by atoms with Crippen molar-refractivity contribution in [3.05, 3.63) is 89.4 Å². The number of amides is 2. The van der Waals surface area contributed by atoms with Gasteiger partial charge in [-0.2, -0.15) is 0 Å². The predicted molar refractivity (Wildman–Crippen MR) is 158 cm³/mol. The first-order valence-electron chi connectivity index (χ1n) is 13.2. The lowest BCUT2D eigenvalue weighted by Gasteiger charge is -2.32. The van der Waals surface area contributed by atoms with E-state index in [1.165, 1.54) is 29.2 Å². The molecule has 1 N–H and O–H groups in total. The first-order chi connectivity index (χ1) is 19.0. The average molecular weight is 586 g/mol. The van der Waals surface area contributed by atoms with E-state index in [1.54, 1.807) is 38.1 Å². The van der Waals surface area contributed by atoms with Gasteiger partial charge in [-0.25, -0.2) is 8.42 Å². The second-order valence-corrected chi connectivity index (χ2v) is 11.8. The van der Waals surface area contributed by atoms with Crippen LogP contribution in [0.3, 0.4) is 0 Å². The molecule has 8 nitrogen and oxygen atoms in total. The molecule has 3 rings (SSSR count). The van der Waals surface area contributed by atoms with Gasteiger partial charge in [0.1, 0.15) is 18.3 Å². The molecular weight excluding hydrogens is 550 g/mol. The van der Waals surface area contributed by atoms with Gasteiger partial charge in [0.2, 0.25) is 11.8 Å². The number of sulfonamides is 1. The van der Waals surface area contributed by atoms with Crippen LogP contribution in [0.4, 0.5) is 5.69 Å². The summed E-state index contributed by atoms with van der Waals surface area (Å²) in [6.45, 7) is 7.10. The van der Waals surface area contributed by atoms with Crippen molar-refractivity contribution in [2.75, 3.05) is 24.0 Å². The highest BCUT2D eigenvalue weighted by Gasteiger charge is 2.33. The summed E-state index contributed by atoms with van der Waals surface area (Å²) in [6.07, 6.45) is 0.491. The minimum absolute atomic E-state index is 0.0302. The third-order valence-electron chi connectivity index (χ3n) is 6.20. The van der Waals surface area contributed by atoms with Gasteiger partial charge in [-0.05, 0) is 76.1 Å². The molecule has 0 heterocycles. The second kappa shape index (κ2) is 14.2. The van der Waals surface area contributed by atoms with E-state index in [0.717, 1.165) is 9.87 Å². The molecule has 214 valence electrons. The van der Waals surface area contributed by atoms with E-state index < -0.39 is 28.5 Å². The minimum atomic E-state index is -4.23. The summed E-state index contributed by atoms with van der Waals surface area (Å²) in [5.74, 6) is -0.527. The average Bonchev–Trinajstić information content (AvgIpc) is 2.92. The summed E-state index contributed by atoms with van der Waals surface area (Å²) in [6, 6.07) is 21.0. The van der Waals surface area contributed by atoms with E-state index in [9.17, 15) is 18.0 Å². The molecule has 0 unspecified atom stereocenters. The number of halogens is 1. The Bertz CT molecular complexity index is 1380. The highest BCUT2D eigenvalue weighted by molar-refractivity contribution is 7.92. The fraction of sp³-hybridized carbons (Fsp3) is 0.333. The summed E-state index contributed by atoms with van der Waals surface area (Å²) in [4.78, 5) is 28.3. The maximum absolute atomic E-state index is 14.0. The Morgan fingerprint density at radius 2 is 1.55 bits per heavy atom. The smallest absolute Gasteiger partial charge is 0.264 e. The molecule has 0 saturated heterocycles. The number of nitrogens with zero attached hydrogens (tertiary/aromatic N) is 2. The lowest BCUT2D eigenvalue weighted by Crippen LogP contribution is -2.53. The van der Waals surface area contributed by atoms with E-state index in [1.807, 2.05) is 44.2 Å². The number of rotatable bonds is 13. The number of ether oxygens (including phenoxy) is 1. The summed E-state index contributed by atoms with van der Waals surface area (Å²) in [5.41, 5.74) is 1.21. The van der Waals surface area contributed by atoms with Crippen molar-refractivity contribution < 1.29 is 22.7 Å². The number of hydrogen-bond acceptors (Lipinski definition) is 5. The Morgan fingerprint density at radius 1 is 0.925 bits per heavy atom. The maximum atomic E-state index is 14.0. The molecule has 0 spiro atoms. The van der Waals surface area contributed by atoms with Crippen molar-refractivity contribution in [2.24, 2.45) is 0 Å². The zero-order valence-electron chi connectivity index (χ0n) is 23.2. The van der Waals surface area contributed by atoms with E-state index >= 15 is 0 Å². The van der Waals surface area contributed by atoms with Gasteiger partial charge in [0.25, 0.3) is 10.0 Å². The molecule has 1 atom stereocenters. The van der Waals surface area contributed by atoms with Crippen molar-refractivity contribution >= 4 is 39.1 Å². The standard InChI is InChI=1S/C30H36ClN3O5S/c1-5-39-28-14-10-9-13-27(28)34(40(37,38)26-17-15-25(31)16-18-26)21-29(35)33(23(4)30(36)32-22(2)3)20-19-24-11-7-6-8-12-24/h6-18,22-23H,5,19-21H2,1-4H3,(H,32,36)/t23-/m1/s1. The fourth-order valence-electron chi connectivity index (χ4n) is 4.16. The van der Waals surface area contributed by atoms with E-state index in [4.69, 9.17) is 16.3 Å². The predicted octanol–water partition coefficient (Wildman–Crippen LogP) is 4.92. The topological polar surface area (TPSA) is 96.0 Å². The molecule has 3 aromatic rings. The summed E-state index contributed by atoms with van der Waals surface area (Å²) >= 11 is 6.01. The molecule has 3 aromatic carbocycles. The lowest BCUT2D eigenvalue weighted by molar-refractivity contribution is -0.139. The molecule has 40 heavy (non-hydrogen) atoms. The van der Waals surface area contributed by atoms with Crippen LogP contribution in [-0.2, 0) is 26.0 Å². The molecule has 0 aliphatic carbocycles. The number of carbonyl (C=O) groups excluding carboxylic acids is 2. The van der Waals surface area contributed by atoms with Crippen LogP contribution < -0.4 is 14.4 Å². The fourth-order valence-corrected chi connectivity index (χ4v) is 5.71.